The van der Waals surface area contributed by atoms with Crippen LogP contribution in [0.25, 0.3) is 0 Å². The van der Waals surface area contributed by atoms with Crippen molar-refractivity contribution in [2.24, 2.45) is 0 Å². The minimum absolute atomic E-state index is 0.222. The summed E-state index contributed by atoms with van der Waals surface area (Å²) in [5.74, 6) is 0.773. The second kappa shape index (κ2) is 9.76. The van der Waals surface area contributed by atoms with Crippen molar-refractivity contribution in [1.29, 1.82) is 0 Å². The van der Waals surface area contributed by atoms with Crippen LogP contribution in [0.4, 0.5) is 0 Å². The predicted octanol–water partition coefficient (Wildman–Crippen LogP) is 4.77. The van der Waals surface area contributed by atoms with Gasteiger partial charge in [-0.15, -0.1) is 0 Å². The quantitative estimate of drug-likeness (QED) is 0.428. The van der Waals surface area contributed by atoms with E-state index in [4.69, 9.17) is 12.2 Å². The lowest BCUT2D eigenvalue weighted by atomic mass is 10.0. The third-order valence-electron chi connectivity index (χ3n) is 3.66. The highest BCUT2D eigenvalue weighted by Crippen LogP contribution is 2.26. The zero-order valence-corrected chi connectivity index (χ0v) is 14.0. The van der Waals surface area contributed by atoms with E-state index in [1.54, 1.807) is 0 Å². The monoisotopic (exact) mass is 301 g/mol. The zero-order valence-electron chi connectivity index (χ0n) is 12.3. The number of amides is 1. The van der Waals surface area contributed by atoms with E-state index in [1.165, 1.54) is 50.3 Å². The van der Waals surface area contributed by atoms with Gasteiger partial charge in [-0.25, -0.2) is 0 Å². The first-order chi connectivity index (χ1) is 9.20. The van der Waals surface area contributed by atoms with Crippen LogP contribution in [0.15, 0.2) is 0 Å². The Kier molecular flexibility index (Phi) is 8.71. The van der Waals surface area contributed by atoms with Crippen molar-refractivity contribution in [3.05, 3.63) is 0 Å². The van der Waals surface area contributed by atoms with Crippen LogP contribution >= 0.6 is 24.0 Å². The highest BCUT2D eigenvalue weighted by Gasteiger charge is 2.32. The summed E-state index contributed by atoms with van der Waals surface area (Å²) in [6.07, 6.45) is 11.2. The topological polar surface area (TPSA) is 20.3 Å². The number of unbranched alkanes of at least 4 members (excludes halogenated alkanes) is 5. The number of thiocarbonyl (C=S) groups is 1. The van der Waals surface area contributed by atoms with E-state index in [0.29, 0.717) is 11.8 Å². The molecule has 0 spiro atoms. The number of rotatable bonds is 10. The van der Waals surface area contributed by atoms with Crippen LogP contribution in [0.2, 0.25) is 0 Å². The van der Waals surface area contributed by atoms with Gasteiger partial charge in [0.15, 0.2) is 0 Å². The maximum absolute atomic E-state index is 11.9. The van der Waals surface area contributed by atoms with E-state index in [9.17, 15) is 4.79 Å². The Morgan fingerprint density at radius 2 is 1.79 bits per heavy atom. The van der Waals surface area contributed by atoms with Crippen molar-refractivity contribution in [2.75, 3.05) is 5.75 Å². The molecule has 110 valence electrons. The molecule has 0 aromatic rings. The van der Waals surface area contributed by atoms with Gasteiger partial charge in [0, 0.05) is 6.04 Å². The lowest BCUT2D eigenvalue weighted by Gasteiger charge is -2.27. The molecule has 1 atom stereocenters. The molecular weight excluding hydrogens is 274 g/mol. The van der Waals surface area contributed by atoms with Gasteiger partial charge >= 0.3 is 0 Å². The molecule has 1 heterocycles. The first-order valence-corrected chi connectivity index (χ1v) is 9.08. The van der Waals surface area contributed by atoms with Crippen LogP contribution in [0.5, 0.6) is 0 Å². The zero-order chi connectivity index (χ0) is 14.1. The smallest absolute Gasteiger partial charge is 0.238 e. The van der Waals surface area contributed by atoms with Crippen molar-refractivity contribution >= 4 is 34.2 Å². The van der Waals surface area contributed by atoms with Gasteiger partial charge in [0.1, 0.15) is 4.32 Å². The maximum atomic E-state index is 11.9. The Morgan fingerprint density at radius 3 is 2.37 bits per heavy atom. The third-order valence-corrected chi connectivity index (χ3v) is 5.05. The van der Waals surface area contributed by atoms with Gasteiger partial charge in [-0.05, 0) is 12.8 Å². The van der Waals surface area contributed by atoms with Crippen molar-refractivity contribution in [1.82, 2.24) is 4.90 Å². The van der Waals surface area contributed by atoms with E-state index >= 15 is 0 Å². The summed E-state index contributed by atoms with van der Waals surface area (Å²) in [5.41, 5.74) is 0. The minimum atomic E-state index is 0.222. The molecule has 1 rings (SSSR count). The standard InChI is InChI=1S/C15H27NOS2/c1-3-5-6-7-8-9-11-13(10-4-2)16-14(17)12-19-15(16)18/h13H,3-12H2,1-2H3. The molecule has 19 heavy (non-hydrogen) atoms. The number of hydrogen-bond acceptors (Lipinski definition) is 3. The molecule has 2 nitrogen and oxygen atoms in total. The Morgan fingerprint density at radius 1 is 1.11 bits per heavy atom. The second-order valence-corrected chi connectivity index (χ2v) is 6.93. The third kappa shape index (κ3) is 5.82. The molecule has 1 amide bonds. The van der Waals surface area contributed by atoms with Crippen LogP contribution in [-0.4, -0.2) is 26.9 Å². The molecule has 0 bridgehead atoms. The van der Waals surface area contributed by atoms with E-state index in [0.717, 1.165) is 23.6 Å². The first-order valence-electron chi connectivity index (χ1n) is 7.69. The lowest BCUT2D eigenvalue weighted by molar-refractivity contribution is -0.125. The molecule has 1 saturated heterocycles. The molecule has 0 aliphatic carbocycles. The summed E-state index contributed by atoms with van der Waals surface area (Å²) in [6, 6.07) is 0.353. The minimum Gasteiger partial charge on any atom is -0.294 e. The van der Waals surface area contributed by atoms with E-state index in [-0.39, 0.29) is 5.91 Å². The normalized spacial score (nSPS) is 17.3. The van der Waals surface area contributed by atoms with Crippen molar-refractivity contribution in [3.8, 4) is 0 Å². The van der Waals surface area contributed by atoms with Crippen LogP contribution in [0, 0.1) is 0 Å². The molecule has 0 radical (unpaired) electrons. The average Bonchev–Trinajstić information content (AvgIpc) is 2.72. The van der Waals surface area contributed by atoms with Gasteiger partial charge in [0.05, 0.1) is 5.75 Å². The van der Waals surface area contributed by atoms with Gasteiger partial charge in [-0.2, -0.15) is 0 Å². The van der Waals surface area contributed by atoms with Crippen LogP contribution in [0.3, 0.4) is 0 Å². The summed E-state index contributed by atoms with van der Waals surface area (Å²) in [4.78, 5) is 13.8. The van der Waals surface area contributed by atoms with E-state index in [1.807, 2.05) is 4.90 Å². The number of hydrogen-bond donors (Lipinski definition) is 0. The Hall–Kier alpha value is -0.0900. The predicted molar refractivity (Wildman–Crippen MR) is 88.6 cm³/mol. The lowest BCUT2D eigenvalue weighted by Crippen LogP contribution is -2.38. The first kappa shape index (κ1) is 17.0. The highest BCUT2D eigenvalue weighted by molar-refractivity contribution is 8.23. The van der Waals surface area contributed by atoms with Crippen molar-refractivity contribution in [2.45, 2.75) is 77.7 Å². The summed E-state index contributed by atoms with van der Waals surface area (Å²) in [7, 11) is 0. The molecule has 0 aromatic carbocycles. The van der Waals surface area contributed by atoms with Crippen molar-refractivity contribution in [3.63, 3.8) is 0 Å². The molecular formula is C15H27NOS2. The fraction of sp³-hybridized carbons (Fsp3) is 0.867. The van der Waals surface area contributed by atoms with Gasteiger partial charge in [0.25, 0.3) is 0 Å². The van der Waals surface area contributed by atoms with E-state index < -0.39 is 0 Å². The van der Waals surface area contributed by atoms with Gasteiger partial charge in [0.2, 0.25) is 5.91 Å². The summed E-state index contributed by atoms with van der Waals surface area (Å²) in [5, 5.41) is 0. The van der Waals surface area contributed by atoms with Gasteiger partial charge in [-0.3, -0.25) is 9.69 Å². The molecule has 0 aromatic heterocycles. The fourth-order valence-corrected chi connectivity index (χ4v) is 3.82. The number of carbonyl (C=O) groups is 1. The van der Waals surface area contributed by atoms with Gasteiger partial charge in [-0.1, -0.05) is 82.8 Å². The molecule has 0 saturated carbocycles. The molecule has 0 N–H and O–H groups in total. The number of carbonyl (C=O) groups excluding carboxylic acids is 1. The maximum Gasteiger partial charge on any atom is 0.238 e. The molecule has 1 fully saturated rings. The Balaban J connectivity index is 2.32. The molecule has 1 aliphatic rings. The average molecular weight is 302 g/mol. The van der Waals surface area contributed by atoms with Crippen LogP contribution in [-0.2, 0) is 4.79 Å². The number of nitrogens with zero attached hydrogens (tertiary/aromatic N) is 1. The summed E-state index contributed by atoms with van der Waals surface area (Å²) < 4.78 is 0.800. The largest absolute Gasteiger partial charge is 0.294 e. The molecule has 1 unspecified atom stereocenters. The number of thioether (sulfide) groups is 1. The van der Waals surface area contributed by atoms with Crippen molar-refractivity contribution < 1.29 is 4.79 Å². The highest BCUT2D eigenvalue weighted by atomic mass is 32.2. The summed E-state index contributed by atoms with van der Waals surface area (Å²) in [6.45, 7) is 4.43. The van der Waals surface area contributed by atoms with E-state index in [2.05, 4.69) is 13.8 Å². The van der Waals surface area contributed by atoms with Crippen LogP contribution < -0.4 is 0 Å². The Labute approximate surface area is 127 Å². The SMILES string of the molecule is CCCCCCCCC(CCC)N1C(=O)CSC1=S. The molecule has 4 heteroatoms. The van der Waals surface area contributed by atoms with Gasteiger partial charge < -0.3 is 0 Å². The molecule has 1 aliphatic heterocycles. The Bertz CT molecular complexity index is 278. The fourth-order valence-electron chi connectivity index (χ4n) is 2.61. The second-order valence-electron chi connectivity index (χ2n) is 5.32. The van der Waals surface area contributed by atoms with Crippen LogP contribution in [0.1, 0.15) is 71.6 Å². The summed E-state index contributed by atoms with van der Waals surface area (Å²) >= 11 is 6.84.